The monoisotopic (exact) mass is 329 g/mol. The van der Waals surface area contributed by atoms with Gasteiger partial charge in [0.2, 0.25) is 0 Å². The zero-order chi connectivity index (χ0) is 14.1. The Hall–Kier alpha value is -2.07. The molecule has 3 aromatic rings. The van der Waals surface area contributed by atoms with Crippen molar-refractivity contribution in [2.75, 3.05) is 0 Å². The number of carbonyl (C=O) groups is 1. The molecule has 0 aliphatic rings. The molecule has 0 fully saturated rings. The fourth-order valence-electron chi connectivity index (χ4n) is 2.11. The van der Waals surface area contributed by atoms with Gasteiger partial charge in [-0.1, -0.05) is 40.2 Å². The highest BCUT2D eigenvalue weighted by Crippen LogP contribution is 2.25. The van der Waals surface area contributed by atoms with Crippen molar-refractivity contribution in [1.82, 2.24) is 4.98 Å². The average molecular weight is 330 g/mol. The molecular weight excluding hydrogens is 321 g/mol. The number of ketones is 1. The molecule has 0 unspecified atom stereocenters. The molecule has 0 N–H and O–H groups in total. The average Bonchev–Trinajstić information content (AvgIpc) is 2.48. The van der Waals surface area contributed by atoms with Crippen LogP contribution in [0.1, 0.15) is 15.9 Å². The predicted molar refractivity (Wildman–Crippen MR) is 79.3 cm³/mol. The van der Waals surface area contributed by atoms with Crippen molar-refractivity contribution in [3.63, 3.8) is 0 Å². The summed E-state index contributed by atoms with van der Waals surface area (Å²) < 4.78 is 13.9. The Labute approximate surface area is 123 Å². The molecule has 0 aliphatic heterocycles. The van der Waals surface area contributed by atoms with Crippen LogP contribution in [0.5, 0.6) is 0 Å². The zero-order valence-corrected chi connectivity index (χ0v) is 11.9. The largest absolute Gasteiger partial charge is 0.288 e. The summed E-state index contributed by atoms with van der Waals surface area (Å²) in [4.78, 5) is 16.7. The number of halogens is 2. The normalized spacial score (nSPS) is 10.7. The van der Waals surface area contributed by atoms with E-state index in [0.717, 1.165) is 10.8 Å². The van der Waals surface area contributed by atoms with E-state index >= 15 is 0 Å². The van der Waals surface area contributed by atoms with Gasteiger partial charge in [-0.05, 0) is 23.6 Å². The number of nitrogens with zero attached hydrogens (tertiary/aromatic N) is 1. The minimum Gasteiger partial charge on any atom is -0.288 e. The van der Waals surface area contributed by atoms with Crippen molar-refractivity contribution in [1.29, 1.82) is 0 Å². The summed E-state index contributed by atoms with van der Waals surface area (Å²) >= 11 is 3.28. The van der Waals surface area contributed by atoms with Crippen molar-refractivity contribution in [3.05, 3.63) is 76.3 Å². The number of rotatable bonds is 2. The quantitative estimate of drug-likeness (QED) is 0.653. The van der Waals surface area contributed by atoms with Crippen LogP contribution >= 0.6 is 15.9 Å². The molecule has 98 valence electrons. The van der Waals surface area contributed by atoms with Crippen LogP contribution in [0.15, 0.2) is 59.3 Å². The summed E-state index contributed by atoms with van der Waals surface area (Å²) in [6.45, 7) is 0. The van der Waals surface area contributed by atoms with E-state index in [9.17, 15) is 9.18 Å². The van der Waals surface area contributed by atoms with Crippen molar-refractivity contribution in [3.8, 4) is 0 Å². The summed E-state index contributed by atoms with van der Waals surface area (Å²) in [6, 6.07) is 11.6. The predicted octanol–water partition coefficient (Wildman–Crippen LogP) is 4.37. The van der Waals surface area contributed by atoms with Crippen LogP contribution in [-0.4, -0.2) is 10.8 Å². The van der Waals surface area contributed by atoms with E-state index < -0.39 is 5.82 Å². The fourth-order valence-corrected chi connectivity index (χ4v) is 2.54. The first-order valence-electron chi connectivity index (χ1n) is 5.99. The summed E-state index contributed by atoms with van der Waals surface area (Å²) in [7, 11) is 0. The van der Waals surface area contributed by atoms with Crippen molar-refractivity contribution < 1.29 is 9.18 Å². The number of aromatic nitrogens is 1. The van der Waals surface area contributed by atoms with Crippen LogP contribution in [0.4, 0.5) is 4.39 Å². The molecule has 0 amide bonds. The number of carbonyl (C=O) groups excluding carboxylic acids is 1. The number of benzene rings is 2. The molecule has 20 heavy (non-hydrogen) atoms. The summed E-state index contributed by atoms with van der Waals surface area (Å²) in [5.41, 5.74) is 0.762. The minimum absolute atomic E-state index is 0.249. The van der Waals surface area contributed by atoms with Gasteiger partial charge in [0.15, 0.2) is 5.78 Å². The van der Waals surface area contributed by atoms with Gasteiger partial charge in [0.05, 0.1) is 0 Å². The van der Waals surface area contributed by atoms with Crippen molar-refractivity contribution in [2.24, 2.45) is 0 Å². The van der Waals surface area contributed by atoms with Crippen molar-refractivity contribution >= 4 is 32.5 Å². The highest BCUT2D eigenvalue weighted by molar-refractivity contribution is 9.10. The lowest BCUT2D eigenvalue weighted by Gasteiger charge is -2.07. The summed E-state index contributed by atoms with van der Waals surface area (Å²) in [5.74, 6) is -0.689. The Bertz CT molecular complexity index is 811. The molecule has 4 heteroatoms. The SMILES string of the molecule is O=C(c1cc(F)ccc1Br)c1cncc2ccccc12. The third-order valence-electron chi connectivity index (χ3n) is 3.09. The Morgan fingerprint density at radius 3 is 2.70 bits per heavy atom. The molecule has 0 saturated heterocycles. The first-order chi connectivity index (χ1) is 9.66. The first kappa shape index (κ1) is 12.9. The van der Waals surface area contributed by atoms with Gasteiger partial charge in [0.1, 0.15) is 5.82 Å². The number of hydrogen-bond acceptors (Lipinski definition) is 2. The van der Waals surface area contributed by atoms with E-state index in [1.807, 2.05) is 24.3 Å². The highest BCUT2D eigenvalue weighted by Gasteiger charge is 2.16. The molecule has 0 atom stereocenters. The second-order valence-corrected chi connectivity index (χ2v) is 5.22. The van der Waals surface area contributed by atoms with Gasteiger partial charge >= 0.3 is 0 Å². The molecule has 0 saturated carbocycles. The molecule has 0 bridgehead atoms. The van der Waals surface area contributed by atoms with E-state index in [0.29, 0.717) is 15.6 Å². The van der Waals surface area contributed by atoms with Crippen LogP contribution in [0.25, 0.3) is 10.8 Å². The first-order valence-corrected chi connectivity index (χ1v) is 6.78. The number of fused-ring (bicyclic) bond motifs is 1. The molecule has 0 aliphatic carbocycles. The Kier molecular flexibility index (Phi) is 3.32. The Morgan fingerprint density at radius 2 is 1.85 bits per heavy atom. The molecule has 2 nitrogen and oxygen atoms in total. The minimum atomic E-state index is -0.440. The van der Waals surface area contributed by atoms with Gasteiger partial charge < -0.3 is 0 Å². The second kappa shape index (κ2) is 5.13. The molecule has 0 spiro atoms. The van der Waals surface area contributed by atoms with Crippen LogP contribution in [0.3, 0.4) is 0 Å². The third-order valence-corrected chi connectivity index (χ3v) is 3.78. The Morgan fingerprint density at radius 1 is 1.05 bits per heavy atom. The third kappa shape index (κ3) is 2.23. The van der Waals surface area contributed by atoms with Crippen LogP contribution in [0.2, 0.25) is 0 Å². The Balaban J connectivity index is 2.20. The topological polar surface area (TPSA) is 30.0 Å². The maximum Gasteiger partial charge on any atom is 0.196 e. The van der Waals surface area contributed by atoms with Crippen LogP contribution in [-0.2, 0) is 0 Å². The zero-order valence-electron chi connectivity index (χ0n) is 10.3. The van der Waals surface area contributed by atoms with Gasteiger partial charge in [-0.2, -0.15) is 0 Å². The van der Waals surface area contributed by atoms with E-state index in [-0.39, 0.29) is 5.78 Å². The molecular formula is C16H9BrFNO. The fraction of sp³-hybridized carbons (Fsp3) is 0. The smallest absolute Gasteiger partial charge is 0.196 e. The standard InChI is InChI=1S/C16H9BrFNO/c17-15-6-5-11(18)7-13(15)16(20)14-9-19-8-10-3-1-2-4-12(10)14/h1-9H. The van der Waals surface area contributed by atoms with Gasteiger partial charge in [0.25, 0.3) is 0 Å². The summed E-state index contributed by atoms with van der Waals surface area (Å²) in [6.07, 6.45) is 3.22. The lowest BCUT2D eigenvalue weighted by molar-refractivity contribution is 0.103. The van der Waals surface area contributed by atoms with E-state index in [1.165, 1.54) is 24.4 Å². The van der Waals surface area contributed by atoms with Gasteiger partial charge in [0, 0.05) is 33.4 Å². The maximum atomic E-state index is 13.3. The molecule has 3 rings (SSSR count). The maximum absolute atomic E-state index is 13.3. The highest BCUT2D eigenvalue weighted by atomic mass is 79.9. The number of hydrogen-bond donors (Lipinski definition) is 0. The van der Waals surface area contributed by atoms with Gasteiger partial charge in [-0.25, -0.2) is 4.39 Å². The van der Waals surface area contributed by atoms with E-state index in [1.54, 1.807) is 6.20 Å². The van der Waals surface area contributed by atoms with Crippen LogP contribution < -0.4 is 0 Å². The lowest BCUT2D eigenvalue weighted by atomic mass is 10.00. The second-order valence-electron chi connectivity index (χ2n) is 4.36. The van der Waals surface area contributed by atoms with Crippen molar-refractivity contribution in [2.45, 2.75) is 0 Å². The molecule has 1 aromatic heterocycles. The molecule has 1 heterocycles. The van der Waals surface area contributed by atoms with E-state index in [4.69, 9.17) is 0 Å². The van der Waals surface area contributed by atoms with Crippen LogP contribution in [0, 0.1) is 5.82 Å². The van der Waals surface area contributed by atoms with Gasteiger partial charge in [-0.3, -0.25) is 9.78 Å². The number of pyridine rings is 1. The van der Waals surface area contributed by atoms with E-state index in [2.05, 4.69) is 20.9 Å². The van der Waals surface area contributed by atoms with Gasteiger partial charge in [-0.15, -0.1) is 0 Å². The molecule has 2 aromatic carbocycles. The molecule has 0 radical (unpaired) electrons. The summed E-state index contributed by atoms with van der Waals surface area (Å²) in [5, 5.41) is 1.69. The lowest BCUT2D eigenvalue weighted by Crippen LogP contribution is -2.04.